The van der Waals surface area contributed by atoms with Gasteiger partial charge in [-0.1, -0.05) is 6.07 Å². The fraction of sp³-hybridized carbons (Fsp3) is 0.429. The number of ether oxygens (including phenoxy) is 1. The van der Waals surface area contributed by atoms with E-state index in [1.807, 2.05) is 0 Å². The highest BCUT2D eigenvalue weighted by Crippen LogP contribution is 2.22. The van der Waals surface area contributed by atoms with Crippen LogP contribution in [0.3, 0.4) is 0 Å². The minimum absolute atomic E-state index is 0.250. The Balaban J connectivity index is 2.09. The van der Waals surface area contributed by atoms with Crippen LogP contribution in [0.1, 0.15) is 16.8 Å². The van der Waals surface area contributed by atoms with E-state index in [1.54, 1.807) is 7.11 Å². The highest BCUT2D eigenvalue weighted by molar-refractivity contribution is 6.00. The number of aromatic carboxylic acids is 1. The number of benzene rings is 1. The molecular weight excluding hydrogens is 279 g/mol. The predicted octanol–water partition coefficient (Wildman–Crippen LogP) is 2.02. The van der Waals surface area contributed by atoms with Crippen LogP contribution in [0.25, 0.3) is 0 Å². The number of methoxy groups -OCH3 is 1. The Bertz CT molecular complexity index is 550. The fourth-order valence-corrected chi connectivity index (χ4v) is 2.40. The molecule has 1 atom stereocenters. The van der Waals surface area contributed by atoms with E-state index in [0.717, 1.165) is 12.5 Å². The van der Waals surface area contributed by atoms with Crippen LogP contribution in [0.15, 0.2) is 18.2 Å². The number of nitrogens with zero attached hydrogens (tertiary/aromatic N) is 1. The summed E-state index contributed by atoms with van der Waals surface area (Å²) in [5.74, 6) is -1.81. The van der Waals surface area contributed by atoms with Crippen molar-refractivity contribution < 1.29 is 23.8 Å². The van der Waals surface area contributed by atoms with E-state index >= 15 is 0 Å². The van der Waals surface area contributed by atoms with Gasteiger partial charge in [0, 0.05) is 26.1 Å². The Morgan fingerprint density at radius 3 is 2.95 bits per heavy atom. The predicted molar refractivity (Wildman–Crippen MR) is 73.9 cm³/mol. The lowest BCUT2D eigenvalue weighted by molar-refractivity contribution is 0.0697. The van der Waals surface area contributed by atoms with Gasteiger partial charge in [0.15, 0.2) is 0 Å². The maximum atomic E-state index is 13.7. The molecule has 1 aromatic rings. The van der Waals surface area contributed by atoms with Crippen molar-refractivity contribution in [3.63, 3.8) is 0 Å². The number of hydrogen-bond acceptors (Lipinski definition) is 3. The minimum Gasteiger partial charge on any atom is -0.478 e. The summed E-state index contributed by atoms with van der Waals surface area (Å²) in [6, 6.07) is 3.15. The van der Waals surface area contributed by atoms with Crippen LogP contribution < -0.4 is 5.32 Å². The molecule has 6 nitrogen and oxygen atoms in total. The van der Waals surface area contributed by atoms with Gasteiger partial charge in [-0.3, -0.25) is 0 Å². The molecule has 0 spiro atoms. The number of carbonyl (C=O) groups is 2. The van der Waals surface area contributed by atoms with Gasteiger partial charge >= 0.3 is 12.0 Å². The number of carbonyl (C=O) groups excluding carboxylic acids is 1. The third-order valence-electron chi connectivity index (χ3n) is 3.45. The molecule has 1 heterocycles. The molecule has 0 radical (unpaired) electrons. The van der Waals surface area contributed by atoms with Gasteiger partial charge in [0.1, 0.15) is 5.82 Å². The van der Waals surface area contributed by atoms with Crippen molar-refractivity contribution in [1.29, 1.82) is 0 Å². The number of halogens is 1. The summed E-state index contributed by atoms with van der Waals surface area (Å²) >= 11 is 0. The van der Waals surface area contributed by atoms with Crippen LogP contribution in [0.5, 0.6) is 0 Å². The number of rotatable bonds is 4. The Hall–Kier alpha value is -2.15. The maximum Gasteiger partial charge on any atom is 0.337 e. The average molecular weight is 296 g/mol. The van der Waals surface area contributed by atoms with Gasteiger partial charge in [0.25, 0.3) is 0 Å². The first-order valence-corrected chi connectivity index (χ1v) is 6.59. The molecule has 1 fully saturated rings. The van der Waals surface area contributed by atoms with Gasteiger partial charge in [-0.25, -0.2) is 14.0 Å². The van der Waals surface area contributed by atoms with E-state index < -0.39 is 17.8 Å². The van der Waals surface area contributed by atoms with Gasteiger partial charge in [-0.15, -0.1) is 0 Å². The minimum atomic E-state index is -1.29. The summed E-state index contributed by atoms with van der Waals surface area (Å²) in [5, 5.41) is 11.4. The number of carboxylic acids is 1. The first-order chi connectivity index (χ1) is 10.0. The number of carboxylic acid groups (broad SMARTS) is 1. The van der Waals surface area contributed by atoms with Crippen molar-refractivity contribution in [3.05, 3.63) is 29.6 Å². The van der Waals surface area contributed by atoms with Crippen molar-refractivity contribution in [2.75, 3.05) is 32.1 Å². The molecule has 2 amide bonds. The summed E-state index contributed by atoms with van der Waals surface area (Å²) in [6.07, 6.45) is 0.810. The molecule has 114 valence electrons. The third-order valence-corrected chi connectivity index (χ3v) is 3.45. The van der Waals surface area contributed by atoms with Crippen LogP contribution in [-0.4, -0.2) is 48.8 Å². The standard InChI is InChI=1S/C14H17FN2O4/c1-21-8-9-5-6-17(7-9)14(20)16-12-10(13(18)19)3-2-4-11(12)15/h2-4,9H,5-8H2,1H3,(H,16,20)(H,18,19). The molecule has 1 aliphatic rings. The lowest BCUT2D eigenvalue weighted by Crippen LogP contribution is -2.34. The first-order valence-electron chi connectivity index (χ1n) is 6.59. The van der Waals surface area contributed by atoms with Crippen molar-refractivity contribution in [1.82, 2.24) is 4.90 Å². The Morgan fingerprint density at radius 2 is 2.29 bits per heavy atom. The van der Waals surface area contributed by atoms with E-state index in [2.05, 4.69) is 5.32 Å². The van der Waals surface area contributed by atoms with Crippen LogP contribution in [0.4, 0.5) is 14.9 Å². The number of urea groups is 1. The summed E-state index contributed by atoms with van der Waals surface area (Å²) < 4.78 is 18.8. The molecule has 21 heavy (non-hydrogen) atoms. The zero-order chi connectivity index (χ0) is 15.4. The number of likely N-dealkylation sites (tertiary alicyclic amines) is 1. The summed E-state index contributed by atoms with van der Waals surface area (Å²) in [6.45, 7) is 1.61. The highest BCUT2D eigenvalue weighted by Gasteiger charge is 2.27. The molecule has 0 saturated carbocycles. The second-order valence-electron chi connectivity index (χ2n) is 4.95. The molecule has 2 rings (SSSR count). The number of para-hydroxylation sites is 1. The van der Waals surface area contributed by atoms with Gasteiger partial charge in [-0.05, 0) is 18.6 Å². The molecule has 7 heteroatoms. The van der Waals surface area contributed by atoms with Crippen LogP contribution in [0.2, 0.25) is 0 Å². The normalized spacial score (nSPS) is 17.8. The van der Waals surface area contributed by atoms with E-state index in [-0.39, 0.29) is 17.2 Å². The van der Waals surface area contributed by atoms with E-state index in [9.17, 15) is 14.0 Å². The van der Waals surface area contributed by atoms with Crippen molar-refractivity contribution in [2.24, 2.45) is 5.92 Å². The molecular formula is C14H17FN2O4. The summed E-state index contributed by atoms with van der Waals surface area (Å²) in [7, 11) is 1.60. The van der Waals surface area contributed by atoms with Gasteiger partial charge < -0.3 is 20.1 Å². The molecule has 1 unspecified atom stereocenters. The molecule has 0 aromatic heterocycles. The maximum absolute atomic E-state index is 13.7. The van der Waals surface area contributed by atoms with Crippen molar-refractivity contribution in [2.45, 2.75) is 6.42 Å². The number of anilines is 1. The SMILES string of the molecule is COCC1CCN(C(=O)Nc2c(F)cccc2C(=O)O)C1. The number of hydrogen-bond donors (Lipinski definition) is 2. The highest BCUT2D eigenvalue weighted by atomic mass is 19.1. The second kappa shape index (κ2) is 6.53. The molecule has 0 aliphatic carbocycles. The van der Waals surface area contributed by atoms with E-state index in [4.69, 9.17) is 9.84 Å². The van der Waals surface area contributed by atoms with Crippen molar-refractivity contribution in [3.8, 4) is 0 Å². The monoisotopic (exact) mass is 296 g/mol. The second-order valence-corrected chi connectivity index (χ2v) is 4.95. The summed E-state index contributed by atoms with van der Waals surface area (Å²) in [4.78, 5) is 24.7. The molecule has 1 saturated heterocycles. The van der Waals surface area contributed by atoms with E-state index in [1.165, 1.54) is 17.0 Å². The van der Waals surface area contributed by atoms with Gasteiger partial charge in [0.2, 0.25) is 0 Å². The first kappa shape index (κ1) is 15.2. The van der Waals surface area contributed by atoms with E-state index in [0.29, 0.717) is 19.7 Å². The smallest absolute Gasteiger partial charge is 0.337 e. The fourth-order valence-electron chi connectivity index (χ4n) is 2.40. The number of amides is 2. The molecule has 2 N–H and O–H groups in total. The van der Waals surface area contributed by atoms with Crippen LogP contribution in [-0.2, 0) is 4.74 Å². The average Bonchev–Trinajstić information content (AvgIpc) is 2.90. The summed E-state index contributed by atoms with van der Waals surface area (Å²) in [5.41, 5.74) is -0.568. The van der Waals surface area contributed by atoms with Gasteiger partial charge in [-0.2, -0.15) is 0 Å². The molecule has 0 bridgehead atoms. The lowest BCUT2D eigenvalue weighted by Gasteiger charge is -2.18. The topological polar surface area (TPSA) is 78.9 Å². The largest absolute Gasteiger partial charge is 0.478 e. The zero-order valence-corrected chi connectivity index (χ0v) is 11.6. The quantitative estimate of drug-likeness (QED) is 0.891. The molecule has 1 aliphatic heterocycles. The van der Waals surface area contributed by atoms with Crippen molar-refractivity contribution >= 4 is 17.7 Å². The third kappa shape index (κ3) is 3.49. The Morgan fingerprint density at radius 1 is 1.52 bits per heavy atom. The Labute approximate surface area is 121 Å². The Kier molecular flexibility index (Phi) is 4.74. The van der Waals surface area contributed by atoms with Gasteiger partial charge in [0.05, 0.1) is 17.9 Å². The van der Waals surface area contributed by atoms with Crippen LogP contribution >= 0.6 is 0 Å². The zero-order valence-electron chi connectivity index (χ0n) is 11.6. The van der Waals surface area contributed by atoms with Crippen LogP contribution in [0, 0.1) is 11.7 Å². The lowest BCUT2D eigenvalue weighted by atomic mass is 10.1. The number of nitrogens with one attached hydrogen (secondary N) is 1. The molecule has 1 aromatic carbocycles.